The van der Waals surface area contributed by atoms with Crippen molar-refractivity contribution < 1.29 is 40.0 Å². The van der Waals surface area contributed by atoms with Crippen LogP contribution in [0.3, 0.4) is 0 Å². The molecule has 0 aromatic carbocycles. The number of hydrogen-bond donors (Lipinski definition) is 1. The topological polar surface area (TPSA) is 161 Å². The Hall–Kier alpha value is -1.90. The van der Waals surface area contributed by atoms with Crippen molar-refractivity contribution in [2.24, 2.45) is 28.6 Å². The molecule has 0 amide bonds. The lowest BCUT2D eigenvalue weighted by molar-refractivity contribution is -0.173. The van der Waals surface area contributed by atoms with Crippen molar-refractivity contribution in [2.75, 3.05) is 6.61 Å². The SMILES string of the molecule is CC(=O)OCC(=O)[C@@]1(O)CC[C@H]2[C@@H]3CCC4=CC(=O)CC[C@]4(C)[C@H]3C(=O)C[C@@]21C.O.O. The maximum Gasteiger partial charge on any atom is 0.303 e. The number of allylic oxidation sites excluding steroid dienone is 1. The molecule has 0 saturated heterocycles. The summed E-state index contributed by atoms with van der Waals surface area (Å²) < 4.78 is 4.86. The summed E-state index contributed by atoms with van der Waals surface area (Å²) in [5.74, 6) is -0.811. The molecule has 0 aromatic heterocycles. The molecule has 174 valence electrons. The first-order valence-electron chi connectivity index (χ1n) is 10.7. The van der Waals surface area contributed by atoms with E-state index in [1.165, 1.54) is 6.92 Å². The fraction of sp³-hybridized carbons (Fsp3) is 0.739. The van der Waals surface area contributed by atoms with Crippen molar-refractivity contribution in [3.8, 4) is 0 Å². The lowest BCUT2D eigenvalue weighted by atomic mass is 9.46. The van der Waals surface area contributed by atoms with Gasteiger partial charge in [-0.1, -0.05) is 19.4 Å². The minimum absolute atomic E-state index is 0. The minimum atomic E-state index is -1.65. The molecule has 0 spiro atoms. The first-order chi connectivity index (χ1) is 13.5. The average molecular weight is 439 g/mol. The Bertz CT molecular complexity index is 831. The van der Waals surface area contributed by atoms with E-state index in [1.54, 1.807) is 6.08 Å². The third kappa shape index (κ3) is 3.49. The van der Waals surface area contributed by atoms with E-state index in [4.69, 9.17) is 4.74 Å². The average Bonchev–Trinajstić information content (AvgIpc) is 2.91. The van der Waals surface area contributed by atoms with Crippen molar-refractivity contribution >= 4 is 23.3 Å². The van der Waals surface area contributed by atoms with Gasteiger partial charge in [-0.15, -0.1) is 0 Å². The zero-order valence-electron chi connectivity index (χ0n) is 18.5. The van der Waals surface area contributed by atoms with Crippen molar-refractivity contribution in [3.05, 3.63) is 11.6 Å². The molecule has 31 heavy (non-hydrogen) atoms. The van der Waals surface area contributed by atoms with Crippen molar-refractivity contribution in [2.45, 2.75) is 71.3 Å². The van der Waals surface area contributed by atoms with Crippen LogP contribution in [0.1, 0.15) is 65.7 Å². The Balaban J connectivity index is 0.00000171. The van der Waals surface area contributed by atoms with Gasteiger partial charge in [0.15, 0.2) is 12.4 Å². The number of carbonyl (C=O) groups is 4. The van der Waals surface area contributed by atoms with E-state index in [-0.39, 0.29) is 52.1 Å². The molecule has 8 nitrogen and oxygen atoms in total. The van der Waals surface area contributed by atoms with Gasteiger partial charge in [0.05, 0.1) is 0 Å². The molecule has 0 unspecified atom stereocenters. The van der Waals surface area contributed by atoms with Crippen molar-refractivity contribution in [1.29, 1.82) is 0 Å². The normalized spacial score (nSPS) is 40.9. The highest BCUT2D eigenvalue weighted by molar-refractivity contribution is 5.95. The first-order valence-corrected chi connectivity index (χ1v) is 10.7. The second kappa shape index (κ2) is 8.22. The van der Waals surface area contributed by atoms with E-state index in [0.29, 0.717) is 25.7 Å². The molecule has 0 aromatic rings. The molecule has 0 radical (unpaired) electrons. The Morgan fingerprint density at radius 3 is 2.45 bits per heavy atom. The van der Waals surface area contributed by atoms with Crippen molar-refractivity contribution in [1.82, 2.24) is 0 Å². The van der Waals surface area contributed by atoms with Gasteiger partial charge >= 0.3 is 5.97 Å². The van der Waals surface area contributed by atoms with E-state index >= 15 is 0 Å². The molecule has 3 fully saturated rings. The monoisotopic (exact) mass is 438 g/mol. The van der Waals surface area contributed by atoms with Gasteiger partial charge in [0.25, 0.3) is 0 Å². The Kier molecular flexibility index (Phi) is 6.73. The van der Waals surface area contributed by atoms with Gasteiger partial charge < -0.3 is 20.8 Å². The summed E-state index contributed by atoms with van der Waals surface area (Å²) in [7, 11) is 0. The van der Waals surface area contributed by atoms with Gasteiger partial charge in [-0.3, -0.25) is 19.2 Å². The smallest absolute Gasteiger partial charge is 0.303 e. The summed E-state index contributed by atoms with van der Waals surface area (Å²) >= 11 is 0. The zero-order chi connectivity index (χ0) is 21.2. The van der Waals surface area contributed by atoms with Crippen LogP contribution in [0.25, 0.3) is 0 Å². The quantitative estimate of drug-likeness (QED) is 0.644. The summed E-state index contributed by atoms with van der Waals surface area (Å²) in [6.45, 7) is 4.76. The summed E-state index contributed by atoms with van der Waals surface area (Å²) in [5, 5.41) is 11.4. The van der Waals surface area contributed by atoms with Gasteiger partial charge in [0, 0.05) is 31.1 Å². The molecular formula is C23H34O8. The van der Waals surface area contributed by atoms with Gasteiger partial charge in [-0.05, 0) is 55.4 Å². The summed E-state index contributed by atoms with van der Waals surface area (Å²) in [4.78, 5) is 49.4. The number of fused-ring (bicyclic) bond motifs is 5. The summed E-state index contributed by atoms with van der Waals surface area (Å²) in [6, 6.07) is 0. The maximum atomic E-state index is 13.5. The van der Waals surface area contributed by atoms with Crippen LogP contribution in [0.4, 0.5) is 0 Å². The lowest BCUT2D eigenvalue weighted by Crippen LogP contribution is -2.61. The highest BCUT2D eigenvalue weighted by Gasteiger charge is 2.68. The molecule has 4 aliphatic rings. The molecule has 5 N–H and O–H groups in total. The number of carbonyl (C=O) groups excluding carboxylic acids is 4. The molecule has 6 atom stereocenters. The van der Waals surface area contributed by atoms with E-state index in [0.717, 1.165) is 18.4 Å². The largest absolute Gasteiger partial charge is 0.458 e. The number of aliphatic hydroxyl groups is 1. The first kappa shape index (κ1) is 25.4. The molecule has 4 rings (SSSR count). The Labute approximate surface area is 182 Å². The van der Waals surface area contributed by atoms with Crippen LogP contribution in [0.2, 0.25) is 0 Å². The van der Waals surface area contributed by atoms with E-state index in [9.17, 15) is 24.3 Å². The van der Waals surface area contributed by atoms with Crippen LogP contribution in [0, 0.1) is 28.6 Å². The number of esters is 1. The third-order valence-corrected chi connectivity index (χ3v) is 8.67. The molecule has 8 heteroatoms. The molecule has 0 heterocycles. The molecule has 3 saturated carbocycles. The van der Waals surface area contributed by atoms with Gasteiger partial charge in [0.1, 0.15) is 11.4 Å². The van der Waals surface area contributed by atoms with Gasteiger partial charge in [-0.2, -0.15) is 0 Å². The fourth-order valence-electron chi connectivity index (χ4n) is 7.13. The number of hydrogen-bond acceptors (Lipinski definition) is 6. The lowest BCUT2D eigenvalue weighted by Gasteiger charge is -2.57. The Morgan fingerprint density at radius 2 is 1.81 bits per heavy atom. The van der Waals surface area contributed by atoms with Crippen LogP contribution in [-0.4, -0.2) is 51.6 Å². The van der Waals surface area contributed by atoms with Crippen LogP contribution >= 0.6 is 0 Å². The number of Topliss-reactive ketones (excluding diaryl/α,β-unsaturated/α-hetero) is 2. The summed E-state index contributed by atoms with van der Waals surface area (Å²) in [5.41, 5.74) is -1.68. The number of ether oxygens (including phenoxy) is 1. The van der Waals surface area contributed by atoms with Crippen LogP contribution < -0.4 is 0 Å². The molecule has 0 bridgehead atoms. The molecule has 4 aliphatic carbocycles. The second-order valence-corrected chi connectivity index (χ2v) is 10.0. The minimum Gasteiger partial charge on any atom is -0.458 e. The van der Waals surface area contributed by atoms with Crippen LogP contribution in [-0.2, 0) is 23.9 Å². The number of rotatable bonds is 3. The zero-order valence-corrected chi connectivity index (χ0v) is 18.5. The standard InChI is InChI=1S/C23H30O6.2H2O/c1-13(24)29-12-19(27)23(28)9-7-17-16-5-4-14-10-15(25)6-8-21(14,2)20(16)18(26)11-22(17,23)3;;/h10,16-17,20,28H,4-9,11-12H2,1-3H3;2*1H2/t16-,17-,20+,21-,22-,23-;;/m0../s1. The van der Waals surface area contributed by atoms with E-state index in [2.05, 4.69) is 6.92 Å². The third-order valence-electron chi connectivity index (χ3n) is 8.67. The van der Waals surface area contributed by atoms with Gasteiger partial charge in [0.2, 0.25) is 5.78 Å². The van der Waals surface area contributed by atoms with E-state index < -0.39 is 29.4 Å². The van der Waals surface area contributed by atoms with Gasteiger partial charge in [-0.25, -0.2) is 0 Å². The predicted molar refractivity (Wildman–Crippen MR) is 111 cm³/mol. The number of ketones is 3. The Morgan fingerprint density at radius 1 is 1.13 bits per heavy atom. The summed E-state index contributed by atoms with van der Waals surface area (Å²) in [6.07, 6.45) is 5.66. The highest BCUT2D eigenvalue weighted by Crippen LogP contribution is 2.66. The molecular weight excluding hydrogens is 404 g/mol. The van der Waals surface area contributed by atoms with E-state index in [1.807, 2.05) is 6.92 Å². The molecule has 0 aliphatic heterocycles. The van der Waals surface area contributed by atoms with Crippen LogP contribution in [0.15, 0.2) is 11.6 Å². The second-order valence-electron chi connectivity index (χ2n) is 10.0. The fourth-order valence-corrected chi connectivity index (χ4v) is 7.13. The van der Waals surface area contributed by atoms with Crippen LogP contribution in [0.5, 0.6) is 0 Å². The van der Waals surface area contributed by atoms with Crippen molar-refractivity contribution in [3.63, 3.8) is 0 Å². The highest BCUT2D eigenvalue weighted by atomic mass is 16.5. The predicted octanol–water partition coefficient (Wildman–Crippen LogP) is 0.911. The maximum absolute atomic E-state index is 13.5.